The van der Waals surface area contributed by atoms with E-state index in [-0.39, 0.29) is 11.3 Å². The van der Waals surface area contributed by atoms with E-state index in [2.05, 4.69) is 24.5 Å². The highest BCUT2D eigenvalue weighted by atomic mass is 16.5. The van der Waals surface area contributed by atoms with Gasteiger partial charge in [-0.1, -0.05) is 13.8 Å². The lowest BCUT2D eigenvalue weighted by Crippen LogP contribution is -2.55. The van der Waals surface area contributed by atoms with Crippen molar-refractivity contribution in [3.63, 3.8) is 0 Å². The van der Waals surface area contributed by atoms with Gasteiger partial charge in [-0.05, 0) is 13.0 Å². The molecule has 1 aliphatic rings. The van der Waals surface area contributed by atoms with Crippen LogP contribution in [0.5, 0.6) is 0 Å². The Hall–Kier alpha value is -0.610. The fraction of sp³-hybridized carbons (Fsp3) is 0.909. The number of carbonyl (C=O) groups excluding carboxylic acids is 1. The predicted molar refractivity (Wildman–Crippen MR) is 59.6 cm³/mol. The molecular formula is C11H22N2O2. The lowest BCUT2D eigenvalue weighted by Gasteiger charge is -2.41. The molecule has 2 N–H and O–H groups in total. The first-order valence-corrected chi connectivity index (χ1v) is 5.57. The quantitative estimate of drug-likeness (QED) is 0.672. The van der Waals surface area contributed by atoms with Crippen molar-refractivity contribution in [3.05, 3.63) is 0 Å². The summed E-state index contributed by atoms with van der Waals surface area (Å²) in [6, 6.07) is 0. The van der Waals surface area contributed by atoms with Crippen molar-refractivity contribution >= 4 is 5.91 Å². The molecule has 1 saturated heterocycles. The first-order chi connectivity index (χ1) is 7.08. The third kappa shape index (κ3) is 3.80. The largest absolute Gasteiger partial charge is 0.380 e. The molecule has 88 valence electrons. The molecule has 1 amide bonds. The van der Waals surface area contributed by atoms with E-state index < -0.39 is 0 Å². The van der Waals surface area contributed by atoms with E-state index in [1.165, 1.54) is 0 Å². The van der Waals surface area contributed by atoms with Gasteiger partial charge in [-0.3, -0.25) is 4.79 Å². The van der Waals surface area contributed by atoms with Crippen molar-refractivity contribution in [3.8, 4) is 0 Å². The Kier molecular flexibility index (Phi) is 4.54. The first kappa shape index (κ1) is 12.5. The van der Waals surface area contributed by atoms with E-state index in [1.807, 2.05) is 7.05 Å². The Morgan fingerprint density at radius 3 is 2.47 bits per heavy atom. The molecule has 0 saturated carbocycles. The van der Waals surface area contributed by atoms with Gasteiger partial charge in [-0.2, -0.15) is 0 Å². The smallest absolute Gasteiger partial charge is 0.220 e. The van der Waals surface area contributed by atoms with Crippen LogP contribution in [0.4, 0.5) is 0 Å². The Balaban J connectivity index is 2.25. The molecule has 0 radical (unpaired) electrons. The summed E-state index contributed by atoms with van der Waals surface area (Å²) in [5, 5.41) is 6.13. The van der Waals surface area contributed by atoms with E-state index in [0.717, 1.165) is 26.3 Å². The van der Waals surface area contributed by atoms with E-state index >= 15 is 0 Å². The lowest BCUT2D eigenvalue weighted by atomic mass is 9.85. The SMILES string of the molecule is CNCC1(CNC(=O)CC(C)C)COC1. The molecule has 1 aliphatic heterocycles. The first-order valence-electron chi connectivity index (χ1n) is 5.57. The van der Waals surface area contributed by atoms with Gasteiger partial charge in [0.2, 0.25) is 5.91 Å². The molecule has 1 heterocycles. The summed E-state index contributed by atoms with van der Waals surface area (Å²) in [6.07, 6.45) is 0.608. The molecule has 0 aromatic rings. The second-order valence-electron chi connectivity index (χ2n) is 4.90. The van der Waals surface area contributed by atoms with Gasteiger partial charge in [-0.15, -0.1) is 0 Å². The summed E-state index contributed by atoms with van der Waals surface area (Å²) < 4.78 is 5.21. The van der Waals surface area contributed by atoms with E-state index in [1.54, 1.807) is 0 Å². The molecule has 1 fully saturated rings. The van der Waals surface area contributed by atoms with Gasteiger partial charge >= 0.3 is 0 Å². The monoisotopic (exact) mass is 214 g/mol. The Morgan fingerprint density at radius 2 is 2.07 bits per heavy atom. The van der Waals surface area contributed by atoms with Gasteiger partial charge in [0.05, 0.1) is 13.2 Å². The minimum atomic E-state index is 0.126. The fourth-order valence-electron chi connectivity index (χ4n) is 1.76. The number of amides is 1. The summed E-state index contributed by atoms with van der Waals surface area (Å²) in [6.45, 7) is 7.21. The molecule has 1 rings (SSSR count). The average Bonchev–Trinajstić information content (AvgIpc) is 2.08. The van der Waals surface area contributed by atoms with Crippen LogP contribution < -0.4 is 10.6 Å². The zero-order valence-electron chi connectivity index (χ0n) is 9.93. The molecule has 0 unspecified atom stereocenters. The zero-order chi connectivity index (χ0) is 11.3. The highest BCUT2D eigenvalue weighted by molar-refractivity contribution is 5.76. The number of carbonyl (C=O) groups is 1. The summed E-state index contributed by atoms with van der Waals surface area (Å²) in [5.74, 6) is 0.565. The van der Waals surface area contributed by atoms with Crippen LogP contribution in [0.25, 0.3) is 0 Å². The maximum absolute atomic E-state index is 11.5. The predicted octanol–water partition coefficient (Wildman–Crippen LogP) is 0.385. The Bertz CT molecular complexity index is 213. The summed E-state index contributed by atoms with van der Waals surface area (Å²) in [5.41, 5.74) is 0.126. The van der Waals surface area contributed by atoms with Crippen molar-refractivity contribution in [2.24, 2.45) is 11.3 Å². The summed E-state index contributed by atoms with van der Waals surface area (Å²) >= 11 is 0. The fourth-order valence-corrected chi connectivity index (χ4v) is 1.76. The highest BCUT2D eigenvalue weighted by Crippen LogP contribution is 2.25. The lowest BCUT2D eigenvalue weighted by molar-refractivity contribution is -0.129. The van der Waals surface area contributed by atoms with Gasteiger partial charge < -0.3 is 15.4 Å². The highest BCUT2D eigenvalue weighted by Gasteiger charge is 2.38. The van der Waals surface area contributed by atoms with Gasteiger partial charge in [0.15, 0.2) is 0 Å². The number of hydrogen-bond donors (Lipinski definition) is 2. The minimum absolute atomic E-state index is 0.126. The zero-order valence-corrected chi connectivity index (χ0v) is 9.93. The molecule has 15 heavy (non-hydrogen) atoms. The molecule has 0 atom stereocenters. The van der Waals surface area contributed by atoms with Crippen LogP contribution in [-0.4, -0.2) is 39.3 Å². The van der Waals surface area contributed by atoms with Crippen molar-refractivity contribution in [2.75, 3.05) is 33.4 Å². The van der Waals surface area contributed by atoms with Crippen molar-refractivity contribution in [1.82, 2.24) is 10.6 Å². The van der Waals surface area contributed by atoms with Crippen LogP contribution in [0.3, 0.4) is 0 Å². The molecule has 0 aromatic heterocycles. The van der Waals surface area contributed by atoms with E-state index in [0.29, 0.717) is 12.3 Å². The topological polar surface area (TPSA) is 50.4 Å². The van der Waals surface area contributed by atoms with Crippen LogP contribution in [0.15, 0.2) is 0 Å². The third-order valence-electron chi connectivity index (χ3n) is 2.62. The van der Waals surface area contributed by atoms with Crippen LogP contribution in [0.1, 0.15) is 20.3 Å². The van der Waals surface area contributed by atoms with E-state index in [4.69, 9.17) is 4.74 Å². The maximum atomic E-state index is 11.5. The average molecular weight is 214 g/mol. The van der Waals surface area contributed by atoms with Gasteiger partial charge in [0.1, 0.15) is 0 Å². The van der Waals surface area contributed by atoms with Crippen molar-refractivity contribution < 1.29 is 9.53 Å². The maximum Gasteiger partial charge on any atom is 0.220 e. The Morgan fingerprint density at radius 1 is 1.40 bits per heavy atom. The second-order valence-corrected chi connectivity index (χ2v) is 4.90. The number of nitrogens with one attached hydrogen (secondary N) is 2. The third-order valence-corrected chi connectivity index (χ3v) is 2.62. The standard InChI is InChI=1S/C11H22N2O2/c1-9(2)4-10(14)13-6-11(5-12-3)7-15-8-11/h9,12H,4-8H2,1-3H3,(H,13,14). The summed E-state index contributed by atoms with van der Waals surface area (Å²) in [7, 11) is 1.93. The van der Waals surface area contributed by atoms with Crippen LogP contribution in [0.2, 0.25) is 0 Å². The van der Waals surface area contributed by atoms with Gasteiger partial charge in [0, 0.05) is 24.9 Å². The van der Waals surface area contributed by atoms with Crippen LogP contribution >= 0.6 is 0 Å². The van der Waals surface area contributed by atoms with E-state index in [9.17, 15) is 4.79 Å². The number of ether oxygens (including phenoxy) is 1. The normalized spacial score (nSPS) is 18.7. The Labute approximate surface area is 91.8 Å². The van der Waals surface area contributed by atoms with Gasteiger partial charge in [0.25, 0.3) is 0 Å². The van der Waals surface area contributed by atoms with Crippen molar-refractivity contribution in [2.45, 2.75) is 20.3 Å². The molecule has 0 bridgehead atoms. The van der Waals surface area contributed by atoms with Gasteiger partial charge in [-0.25, -0.2) is 0 Å². The van der Waals surface area contributed by atoms with Crippen LogP contribution in [-0.2, 0) is 9.53 Å². The van der Waals surface area contributed by atoms with Crippen molar-refractivity contribution in [1.29, 1.82) is 0 Å². The molecule has 0 spiro atoms. The number of rotatable bonds is 6. The number of hydrogen-bond acceptors (Lipinski definition) is 3. The molecule has 0 aromatic carbocycles. The molecular weight excluding hydrogens is 192 g/mol. The molecule has 4 nitrogen and oxygen atoms in total. The molecule has 0 aliphatic carbocycles. The second kappa shape index (κ2) is 5.47. The molecule has 4 heteroatoms. The minimum Gasteiger partial charge on any atom is -0.380 e. The summed E-state index contributed by atoms with van der Waals surface area (Å²) in [4.78, 5) is 11.5. The van der Waals surface area contributed by atoms with Crippen LogP contribution in [0, 0.1) is 11.3 Å².